The second kappa shape index (κ2) is 3.57. The van der Waals surface area contributed by atoms with Crippen LogP contribution in [0.2, 0.25) is 0 Å². The maximum Gasteiger partial charge on any atom is 0.0471 e. The first kappa shape index (κ1) is 9.05. The van der Waals surface area contributed by atoms with E-state index < -0.39 is 0 Å². The van der Waals surface area contributed by atoms with Crippen LogP contribution in [0.15, 0.2) is 0 Å². The summed E-state index contributed by atoms with van der Waals surface area (Å²) in [6.07, 6.45) is 3.82. The topological polar surface area (TPSA) is 9.23 Å². The molecule has 0 aromatic heterocycles. The zero-order valence-electron chi connectivity index (χ0n) is 8.02. The van der Waals surface area contributed by atoms with E-state index in [9.17, 15) is 0 Å². The molecule has 1 aliphatic heterocycles. The minimum absolute atomic E-state index is 0.538. The van der Waals surface area contributed by atoms with Gasteiger partial charge in [-0.05, 0) is 30.6 Å². The van der Waals surface area contributed by atoms with Gasteiger partial charge in [-0.1, -0.05) is 20.8 Å². The molecule has 11 heavy (non-hydrogen) atoms. The highest BCUT2D eigenvalue weighted by atomic mass is 16.5. The van der Waals surface area contributed by atoms with Crippen molar-refractivity contribution in [3.05, 3.63) is 0 Å². The number of hydrogen-bond donors (Lipinski definition) is 0. The summed E-state index contributed by atoms with van der Waals surface area (Å²) < 4.78 is 5.44. The molecule has 0 saturated carbocycles. The number of rotatable bonds is 1. The molecule has 1 unspecified atom stereocenters. The van der Waals surface area contributed by atoms with Gasteiger partial charge in [-0.25, -0.2) is 0 Å². The Kier molecular flexibility index (Phi) is 2.94. The molecule has 1 heterocycles. The normalized spacial score (nSPS) is 33.8. The molecule has 0 N–H and O–H groups in total. The first-order valence-electron chi connectivity index (χ1n) is 4.73. The average molecular weight is 156 g/mol. The third-order valence-corrected chi connectivity index (χ3v) is 3.25. The van der Waals surface area contributed by atoms with Crippen LogP contribution in [0.25, 0.3) is 0 Å². The smallest absolute Gasteiger partial charge is 0.0471 e. The lowest BCUT2D eigenvalue weighted by Gasteiger charge is -2.31. The summed E-state index contributed by atoms with van der Waals surface area (Å²) in [6, 6.07) is 0. The molecule has 0 radical (unpaired) electrons. The summed E-state index contributed by atoms with van der Waals surface area (Å²) >= 11 is 0. The Morgan fingerprint density at radius 2 is 1.91 bits per heavy atom. The van der Waals surface area contributed by atoms with Gasteiger partial charge in [0.1, 0.15) is 0 Å². The van der Waals surface area contributed by atoms with Crippen molar-refractivity contribution in [3.63, 3.8) is 0 Å². The fraction of sp³-hybridized carbons (Fsp3) is 1.00. The quantitative estimate of drug-likeness (QED) is 0.567. The van der Waals surface area contributed by atoms with Crippen molar-refractivity contribution >= 4 is 0 Å². The molecule has 0 bridgehead atoms. The molecule has 0 amide bonds. The summed E-state index contributed by atoms with van der Waals surface area (Å²) in [6.45, 7) is 8.99. The standard InChI is InChI=1S/C10H20O/c1-9(2)10(3)5-4-7-11-8-6-10/h9H,4-8H2,1-3H3. The van der Waals surface area contributed by atoms with Gasteiger partial charge < -0.3 is 4.74 Å². The van der Waals surface area contributed by atoms with Crippen LogP contribution in [-0.4, -0.2) is 13.2 Å². The van der Waals surface area contributed by atoms with Gasteiger partial charge in [-0.15, -0.1) is 0 Å². The summed E-state index contributed by atoms with van der Waals surface area (Å²) in [5.41, 5.74) is 0.538. The van der Waals surface area contributed by atoms with Crippen LogP contribution in [0.3, 0.4) is 0 Å². The first-order chi connectivity index (χ1) is 5.15. The van der Waals surface area contributed by atoms with Gasteiger partial charge in [0.15, 0.2) is 0 Å². The van der Waals surface area contributed by atoms with Crippen LogP contribution in [0.1, 0.15) is 40.0 Å². The molecule has 0 aromatic carbocycles. The van der Waals surface area contributed by atoms with E-state index in [4.69, 9.17) is 4.74 Å². The molecule has 0 aliphatic carbocycles. The number of hydrogen-bond acceptors (Lipinski definition) is 1. The second-order valence-corrected chi connectivity index (χ2v) is 4.27. The maximum atomic E-state index is 5.44. The predicted octanol–water partition coefficient (Wildman–Crippen LogP) is 2.85. The van der Waals surface area contributed by atoms with Crippen LogP contribution in [0, 0.1) is 11.3 Å². The highest BCUT2D eigenvalue weighted by molar-refractivity contribution is 4.78. The molecule has 1 rings (SSSR count). The fourth-order valence-corrected chi connectivity index (χ4v) is 1.69. The lowest BCUT2D eigenvalue weighted by Crippen LogP contribution is -2.23. The van der Waals surface area contributed by atoms with Crippen LogP contribution in [0.5, 0.6) is 0 Å². The summed E-state index contributed by atoms with van der Waals surface area (Å²) in [5.74, 6) is 0.796. The maximum absolute atomic E-state index is 5.44. The van der Waals surface area contributed by atoms with Gasteiger partial charge in [0.2, 0.25) is 0 Å². The van der Waals surface area contributed by atoms with Crippen molar-refractivity contribution < 1.29 is 4.74 Å². The third-order valence-electron chi connectivity index (χ3n) is 3.25. The molecule has 1 heteroatoms. The molecular formula is C10H20O. The number of ether oxygens (including phenoxy) is 1. The Morgan fingerprint density at radius 1 is 1.18 bits per heavy atom. The van der Waals surface area contributed by atoms with Crippen molar-refractivity contribution in [3.8, 4) is 0 Å². The first-order valence-corrected chi connectivity index (χ1v) is 4.73. The SMILES string of the molecule is CC(C)C1(C)CCCOCC1. The van der Waals surface area contributed by atoms with Crippen molar-refractivity contribution in [2.45, 2.75) is 40.0 Å². The van der Waals surface area contributed by atoms with Gasteiger partial charge in [-0.3, -0.25) is 0 Å². The van der Waals surface area contributed by atoms with Crippen LogP contribution in [0.4, 0.5) is 0 Å². The Balaban J connectivity index is 2.52. The minimum atomic E-state index is 0.538. The van der Waals surface area contributed by atoms with E-state index in [1.807, 2.05) is 0 Å². The largest absolute Gasteiger partial charge is 0.381 e. The highest BCUT2D eigenvalue weighted by Crippen LogP contribution is 2.37. The summed E-state index contributed by atoms with van der Waals surface area (Å²) in [7, 11) is 0. The average Bonchev–Trinajstić information content (AvgIpc) is 2.15. The van der Waals surface area contributed by atoms with Gasteiger partial charge in [0.25, 0.3) is 0 Å². The van der Waals surface area contributed by atoms with Crippen molar-refractivity contribution in [1.82, 2.24) is 0 Å². The molecule has 1 atom stereocenters. The predicted molar refractivity (Wildman–Crippen MR) is 47.6 cm³/mol. The van der Waals surface area contributed by atoms with Crippen molar-refractivity contribution in [2.75, 3.05) is 13.2 Å². The Hall–Kier alpha value is -0.0400. The zero-order chi connectivity index (χ0) is 8.32. The van der Waals surface area contributed by atoms with Crippen LogP contribution in [-0.2, 0) is 4.74 Å². The van der Waals surface area contributed by atoms with E-state index in [0.717, 1.165) is 19.1 Å². The summed E-state index contributed by atoms with van der Waals surface area (Å²) in [4.78, 5) is 0. The molecule has 1 nitrogen and oxygen atoms in total. The van der Waals surface area contributed by atoms with Crippen molar-refractivity contribution in [2.24, 2.45) is 11.3 Å². The molecule has 0 spiro atoms. The van der Waals surface area contributed by atoms with E-state index in [1.54, 1.807) is 0 Å². The molecule has 1 aliphatic rings. The lowest BCUT2D eigenvalue weighted by molar-refractivity contribution is 0.121. The Morgan fingerprint density at radius 3 is 2.55 bits per heavy atom. The highest BCUT2D eigenvalue weighted by Gasteiger charge is 2.28. The summed E-state index contributed by atoms with van der Waals surface area (Å²) in [5, 5.41) is 0. The third kappa shape index (κ3) is 2.19. The lowest BCUT2D eigenvalue weighted by atomic mass is 9.74. The van der Waals surface area contributed by atoms with Gasteiger partial charge >= 0.3 is 0 Å². The van der Waals surface area contributed by atoms with Gasteiger partial charge in [0.05, 0.1) is 0 Å². The Bertz CT molecular complexity index is 110. The fourth-order valence-electron chi connectivity index (χ4n) is 1.69. The zero-order valence-corrected chi connectivity index (χ0v) is 8.02. The second-order valence-electron chi connectivity index (χ2n) is 4.27. The van der Waals surface area contributed by atoms with Gasteiger partial charge in [-0.2, -0.15) is 0 Å². The van der Waals surface area contributed by atoms with E-state index in [2.05, 4.69) is 20.8 Å². The minimum Gasteiger partial charge on any atom is -0.381 e. The Labute approximate surface area is 70.1 Å². The van der Waals surface area contributed by atoms with Crippen LogP contribution < -0.4 is 0 Å². The molecular weight excluding hydrogens is 136 g/mol. The molecule has 0 aromatic rings. The van der Waals surface area contributed by atoms with E-state index in [0.29, 0.717) is 5.41 Å². The van der Waals surface area contributed by atoms with E-state index in [1.165, 1.54) is 19.3 Å². The van der Waals surface area contributed by atoms with Crippen LogP contribution >= 0.6 is 0 Å². The molecule has 66 valence electrons. The van der Waals surface area contributed by atoms with Gasteiger partial charge in [0, 0.05) is 13.2 Å². The molecule has 1 saturated heterocycles. The van der Waals surface area contributed by atoms with E-state index >= 15 is 0 Å². The van der Waals surface area contributed by atoms with E-state index in [-0.39, 0.29) is 0 Å². The monoisotopic (exact) mass is 156 g/mol. The molecule has 1 fully saturated rings. The van der Waals surface area contributed by atoms with Crippen molar-refractivity contribution in [1.29, 1.82) is 0 Å².